The molecule has 1 aromatic heterocycles. The third kappa shape index (κ3) is 5.19. The summed E-state index contributed by atoms with van der Waals surface area (Å²) in [4.78, 5) is 29.1. The van der Waals surface area contributed by atoms with E-state index in [9.17, 15) is 9.59 Å². The van der Waals surface area contributed by atoms with Crippen LogP contribution in [0.5, 0.6) is 5.75 Å². The third-order valence-electron chi connectivity index (χ3n) is 4.44. The molecule has 0 aliphatic carbocycles. The van der Waals surface area contributed by atoms with Gasteiger partial charge in [-0.2, -0.15) is 0 Å². The first-order chi connectivity index (χ1) is 14.0. The molecular formula is C23H23N3O3. The number of nitrogens with zero attached hydrogens (tertiary/aromatic N) is 1. The van der Waals surface area contributed by atoms with E-state index < -0.39 is 0 Å². The molecule has 0 spiro atoms. The molecule has 3 aromatic rings. The molecule has 2 N–H and O–H groups in total. The molecule has 2 amide bonds. The fourth-order valence-corrected chi connectivity index (χ4v) is 2.79. The fourth-order valence-electron chi connectivity index (χ4n) is 2.79. The van der Waals surface area contributed by atoms with Crippen molar-refractivity contribution in [1.29, 1.82) is 0 Å². The van der Waals surface area contributed by atoms with E-state index in [1.807, 2.05) is 50.2 Å². The van der Waals surface area contributed by atoms with Crippen molar-refractivity contribution in [2.75, 3.05) is 12.4 Å². The van der Waals surface area contributed by atoms with Crippen molar-refractivity contribution in [2.24, 2.45) is 0 Å². The lowest BCUT2D eigenvalue weighted by Gasteiger charge is -2.11. The number of carbonyl (C=O) groups excluding carboxylic acids is 2. The number of aromatic nitrogens is 1. The Morgan fingerprint density at radius 2 is 1.55 bits per heavy atom. The Morgan fingerprint density at radius 1 is 0.897 bits per heavy atom. The van der Waals surface area contributed by atoms with Gasteiger partial charge in [-0.15, -0.1) is 0 Å². The molecule has 0 fully saturated rings. The predicted molar refractivity (Wildman–Crippen MR) is 112 cm³/mol. The second kappa shape index (κ2) is 9.01. The Labute approximate surface area is 169 Å². The van der Waals surface area contributed by atoms with Crippen molar-refractivity contribution in [2.45, 2.75) is 20.4 Å². The zero-order chi connectivity index (χ0) is 20.8. The minimum absolute atomic E-state index is 0.288. The van der Waals surface area contributed by atoms with Gasteiger partial charge in [-0.1, -0.05) is 35.9 Å². The molecule has 0 saturated carbocycles. The molecule has 6 heteroatoms. The maximum atomic E-state index is 12.6. The normalized spacial score (nSPS) is 10.3. The summed E-state index contributed by atoms with van der Waals surface area (Å²) in [6, 6.07) is 15.0. The van der Waals surface area contributed by atoms with Gasteiger partial charge in [-0.05, 0) is 43.2 Å². The van der Waals surface area contributed by atoms with Crippen LogP contribution in [-0.2, 0) is 6.54 Å². The van der Waals surface area contributed by atoms with Crippen LogP contribution in [0.4, 0.5) is 5.69 Å². The fraction of sp³-hybridized carbons (Fsp3) is 0.174. The molecule has 0 aliphatic rings. The van der Waals surface area contributed by atoms with E-state index in [0.717, 1.165) is 16.7 Å². The molecule has 0 saturated heterocycles. The van der Waals surface area contributed by atoms with Gasteiger partial charge in [-0.3, -0.25) is 14.6 Å². The predicted octanol–water partition coefficient (Wildman–Crippen LogP) is 3.89. The summed E-state index contributed by atoms with van der Waals surface area (Å²) in [6.07, 6.45) is 2.86. The quantitative estimate of drug-likeness (QED) is 0.670. The highest BCUT2D eigenvalue weighted by molar-refractivity contribution is 6.06. The topological polar surface area (TPSA) is 80.3 Å². The Hall–Kier alpha value is -3.67. The molecule has 29 heavy (non-hydrogen) atoms. The van der Waals surface area contributed by atoms with Crippen LogP contribution in [0.15, 0.2) is 60.9 Å². The maximum Gasteiger partial charge on any atom is 0.257 e. The SMILES string of the molecule is COc1ccc(C)cc1NC(=O)c1cncc(C(=O)NCc2ccc(C)cc2)c1. The highest BCUT2D eigenvalue weighted by Crippen LogP contribution is 2.25. The summed E-state index contributed by atoms with van der Waals surface area (Å²) in [5.74, 6) is -0.0978. The number of carbonyl (C=O) groups is 2. The highest BCUT2D eigenvalue weighted by Gasteiger charge is 2.13. The van der Waals surface area contributed by atoms with Crippen LogP contribution in [-0.4, -0.2) is 23.9 Å². The number of hydrogen-bond acceptors (Lipinski definition) is 4. The van der Waals surface area contributed by atoms with Crippen LogP contribution in [0.25, 0.3) is 0 Å². The Kier molecular flexibility index (Phi) is 6.24. The largest absolute Gasteiger partial charge is 0.495 e. The Bertz CT molecular complexity index is 1030. The average molecular weight is 389 g/mol. The van der Waals surface area contributed by atoms with E-state index in [2.05, 4.69) is 15.6 Å². The van der Waals surface area contributed by atoms with Crippen molar-refractivity contribution in [3.63, 3.8) is 0 Å². The highest BCUT2D eigenvalue weighted by atomic mass is 16.5. The standard InChI is InChI=1S/C23H23N3O3/c1-15-4-7-17(8-5-15)12-25-22(27)18-11-19(14-24-13-18)23(28)26-20-10-16(2)6-9-21(20)29-3/h4-11,13-14H,12H2,1-3H3,(H,25,27)(H,26,28). The molecule has 0 unspecified atom stereocenters. The van der Waals surface area contributed by atoms with Crippen LogP contribution in [0.3, 0.4) is 0 Å². The molecule has 0 bridgehead atoms. The zero-order valence-electron chi connectivity index (χ0n) is 16.7. The minimum Gasteiger partial charge on any atom is -0.495 e. The second-order valence-corrected chi connectivity index (χ2v) is 6.79. The molecule has 1 heterocycles. The van der Waals surface area contributed by atoms with Gasteiger partial charge in [0.25, 0.3) is 11.8 Å². The number of methoxy groups -OCH3 is 1. The van der Waals surface area contributed by atoms with Crippen LogP contribution in [0, 0.1) is 13.8 Å². The molecular weight excluding hydrogens is 366 g/mol. The molecule has 3 rings (SSSR count). The monoisotopic (exact) mass is 389 g/mol. The van der Waals surface area contributed by atoms with Gasteiger partial charge >= 0.3 is 0 Å². The Morgan fingerprint density at radius 3 is 2.24 bits per heavy atom. The number of nitrogens with one attached hydrogen (secondary N) is 2. The first kappa shape index (κ1) is 20.1. The van der Waals surface area contributed by atoms with Crippen molar-refractivity contribution in [3.05, 3.63) is 88.7 Å². The van der Waals surface area contributed by atoms with E-state index in [1.54, 1.807) is 13.2 Å². The van der Waals surface area contributed by atoms with E-state index in [4.69, 9.17) is 4.74 Å². The van der Waals surface area contributed by atoms with E-state index in [-0.39, 0.29) is 17.4 Å². The number of ether oxygens (including phenoxy) is 1. The summed E-state index contributed by atoms with van der Waals surface area (Å²) in [6.45, 7) is 4.34. The number of aryl methyl sites for hydroxylation is 2. The van der Waals surface area contributed by atoms with Gasteiger partial charge in [0, 0.05) is 18.9 Å². The van der Waals surface area contributed by atoms with E-state index in [0.29, 0.717) is 23.5 Å². The van der Waals surface area contributed by atoms with Crippen molar-refractivity contribution >= 4 is 17.5 Å². The van der Waals surface area contributed by atoms with Gasteiger partial charge in [0.15, 0.2) is 0 Å². The lowest BCUT2D eigenvalue weighted by molar-refractivity contribution is 0.0950. The molecule has 148 valence electrons. The van der Waals surface area contributed by atoms with Crippen LogP contribution < -0.4 is 15.4 Å². The lowest BCUT2D eigenvalue weighted by Crippen LogP contribution is -2.23. The average Bonchev–Trinajstić information content (AvgIpc) is 2.73. The number of benzene rings is 2. The zero-order valence-corrected chi connectivity index (χ0v) is 16.7. The first-order valence-corrected chi connectivity index (χ1v) is 9.21. The lowest BCUT2D eigenvalue weighted by atomic mass is 10.1. The molecule has 0 aliphatic heterocycles. The third-order valence-corrected chi connectivity index (χ3v) is 4.44. The molecule has 0 radical (unpaired) electrons. The molecule has 2 aromatic carbocycles. The number of amides is 2. The van der Waals surface area contributed by atoms with Crippen molar-refractivity contribution < 1.29 is 14.3 Å². The van der Waals surface area contributed by atoms with Gasteiger partial charge in [0.2, 0.25) is 0 Å². The summed E-state index contributed by atoms with van der Waals surface area (Å²) < 4.78 is 5.29. The van der Waals surface area contributed by atoms with Crippen LogP contribution >= 0.6 is 0 Å². The van der Waals surface area contributed by atoms with Gasteiger partial charge in [0.05, 0.1) is 23.9 Å². The summed E-state index contributed by atoms with van der Waals surface area (Å²) >= 11 is 0. The first-order valence-electron chi connectivity index (χ1n) is 9.21. The van der Waals surface area contributed by atoms with Gasteiger partial charge < -0.3 is 15.4 Å². The minimum atomic E-state index is -0.366. The Balaban J connectivity index is 1.70. The van der Waals surface area contributed by atoms with Crippen molar-refractivity contribution in [3.8, 4) is 5.75 Å². The summed E-state index contributed by atoms with van der Waals surface area (Å²) in [7, 11) is 1.54. The number of rotatable bonds is 6. The molecule has 0 atom stereocenters. The number of pyridine rings is 1. The van der Waals surface area contributed by atoms with Crippen LogP contribution in [0.1, 0.15) is 37.4 Å². The van der Waals surface area contributed by atoms with Gasteiger partial charge in [0.1, 0.15) is 5.75 Å². The second-order valence-electron chi connectivity index (χ2n) is 6.79. The number of hydrogen-bond donors (Lipinski definition) is 2. The smallest absolute Gasteiger partial charge is 0.257 e. The van der Waals surface area contributed by atoms with Crippen molar-refractivity contribution in [1.82, 2.24) is 10.3 Å². The van der Waals surface area contributed by atoms with Gasteiger partial charge in [-0.25, -0.2) is 0 Å². The number of anilines is 1. The van der Waals surface area contributed by atoms with E-state index >= 15 is 0 Å². The van der Waals surface area contributed by atoms with E-state index in [1.165, 1.54) is 18.5 Å². The summed E-state index contributed by atoms with van der Waals surface area (Å²) in [5.41, 5.74) is 4.32. The van der Waals surface area contributed by atoms with Crippen LogP contribution in [0.2, 0.25) is 0 Å². The summed E-state index contributed by atoms with van der Waals surface area (Å²) in [5, 5.41) is 5.66. The maximum absolute atomic E-state index is 12.6. The molecule has 6 nitrogen and oxygen atoms in total.